The molecule has 2 N–H and O–H groups in total. The molecule has 5 nitrogen and oxygen atoms in total. The van der Waals surface area contributed by atoms with Crippen LogP contribution in [0.25, 0.3) is 0 Å². The minimum absolute atomic E-state index is 0.315. The largest absolute Gasteiger partial charge is 0.380 e. The van der Waals surface area contributed by atoms with Crippen LogP contribution in [-0.2, 0) is 14.9 Å². The summed E-state index contributed by atoms with van der Waals surface area (Å²) < 4.78 is 32.8. The highest BCUT2D eigenvalue weighted by atomic mass is 32.2. The SMILES string of the molecule is CCOCCNS(=O)(=O)NCCCCC(C)C. The summed E-state index contributed by atoms with van der Waals surface area (Å²) in [5.74, 6) is 0.677. The van der Waals surface area contributed by atoms with E-state index >= 15 is 0 Å². The second kappa shape index (κ2) is 9.82. The van der Waals surface area contributed by atoms with Crippen LogP contribution in [-0.4, -0.2) is 34.7 Å². The summed E-state index contributed by atoms with van der Waals surface area (Å²) in [5, 5.41) is 0. The van der Waals surface area contributed by atoms with E-state index in [-0.39, 0.29) is 0 Å². The van der Waals surface area contributed by atoms with E-state index in [1.807, 2.05) is 6.92 Å². The molecule has 17 heavy (non-hydrogen) atoms. The van der Waals surface area contributed by atoms with Crippen LogP contribution in [0.1, 0.15) is 40.0 Å². The van der Waals surface area contributed by atoms with Gasteiger partial charge < -0.3 is 4.74 Å². The summed E-state index contributed by atoms with van der Waals surface area (Å²) in [6.07, 6.45) is 3.07. The molecule has 0 aliphatic rings. The highest BCUT2D eigenvalue weighted by Gasteiger charge is 2.07. The highest BCUT2D eigenvalue weighted by molar-refractivity contribution is 7.87. The number of hydrogen-bond acceptors (Lipinski definition) is 3. The Morgan fingerprint density at radius 2 is 1.76 bits per heavy atom. The van der Waals surface area contributed by atoms with Gasteiger partial charge in [0.2, 0.25) is 0 Å². The number of unbranched alkanes of at least 4 members (excludes halogenated alkanes) is 1. The van der Waals surface area contributed by atoms with Crippen LogP contribution in [0.5, 0.6) is 0 Å². The van der Waals surface area contributed by atoms with Crippen LogP contribution >= 0.6 is 0 Å². The fourth-order valence-corrected chi connectivity index (χ4v) is 2.19. The molecule has 0 unspecified atom stereocenters. The second-order valence-corrected chi connectivity index (χ2v) is 5.96. The quantitative estimate of drug-likeness (QED) is 0.553. The second-order valence-electron chi connectivity index (χ2n) is 4.38. The Hall–Kier alpha value is -0.170. The van der Waals surface area contributed by atoms with E-state index in [0.29, 0.717) is 32.2 Å². The molecule has 0 atom stereocenters. The Morgan fingerprint density at radius 3 is 2.35 bits per heavy atom. The fourth-order valence-electron chi connectivity index (χ4n) is 1.33. The van der Waals surface area contributed by atoms with Gasteiger partial charge >= 0.3 is 0 Å². The maximum absolute atomic E-state index is 11.4. The highest BCUT2D eigenvalue weighted by Crippen LogP contribution is 2.05. The summed E-state index contributed by atoms with van der Waals surface area (Å²) >= 11 is 0. The Balaban J connectivity index is 3.51. The van der Waals surface area contributed by atoms with Crippen LogP contribution in [0.2, 0.25) is 0 Å². The molecular weight excluding hydrogens is 240 g/mol. The average molecular weight is 266 g/mol. The Labute approximate surface area is 105 Å². The molecule has 0 heterocycles. The van der Waals surface area contributed by atoms with Crippen molar-refractivity contribution in [2.45, 2.75) is 40.0 Å². The molecule has 6 heteroatoms. The van der Waals surface area contributed by atoms with Crippen molar-refractivity contribution in [3.8, 4) is 0 Å². The third kappa shape index (κ3) is 12.1. The lowest BCUT2D eigenvalue weighted by Gasteiger charge is -2.08. The minimum Gasteiger partial charge on any atom is -0.380 e. The summed E-state index contributed by atoms with van der Waals surface area (Å²) in [7, 11) is -3.34. The minimum atomic E-state index is -3.34. The third-order valence-electron chi connectivity index (χ3n) is 2.24. The molecule has 0 fully saturated rings. The molecule has 0 amide bonds. The van der Waals surface area contributed by atoms with Crippen LogP contribution in [0.4, 0.5) is 0 Å². The van der Waals surface area contributed by atoms with Gasteiger partial charge in [0.15, 0.2) is 0 Å². The van der Waals surface area contributed by atoms with Crippen molar-refractivity contribution in [2.24, 2.45) is 5.92 Å². The first kappa shape index (κ1) is 16.8. The van der Waals surface area contributed by atoms with Crippen LogP contribution in [0.15, 0.2) is 0 Å². The monoisotopic (exact) mass is 266 g/mol. The molecule has 104 valence electrons. The van der Waals surface area contributed by atoms with E-state index in [1.165, 1.54) is 0 Å². The topological polar surface area (TPSA) is 67.4 Å². The van der Waals surface area contributed by atoms with Gasteiger partial charge in [-0.05, 0) is 19.3 Å². The average Bonchev–Trinajstić information content (AvgIpc) is 2.23. The van der Waals surface area contributed by atoms with E-state index in [2.05, 4.69) is 23.3 Å². The smallest absolute Gasteiger partial charge is 0.276 e. The molecule has 0 rings (SSSR count). The third-order valence-corrected chi connectivity index (χ3v) is 3.41. The van der Waals surface area contributed by atoms with Gasteiger partial charge in [0, 0.05) is 19.7 Å². The van der Waals surface area contributed by atoms with Crippen molar-refractivity contribution in [1.82, 2.24) is 9.44 Å². The standard InChI is InChI=1S/C11H26N2O3S/c1-4-16-10-9-13-17(14,15)12-8-6-5-7-11(2)3/h11-13H,4-10H2,1-3H3. The van der Waals surface area contributed by atoms with Crippen molar-refractivity contribution in [2.75, 3.05) is 26.3 Å². The fraction of sp³-hybridized carbons (Fsp3) is 1.00. The lowest BCUT2D eigenvalue weighted by atomic mass is 10.1. The van der Waals surface area contributed by atoms with E-state index in [4.69, 9.17) is 4.74 Å². The lowest BCUT2D eigenvalue weighted by molar-refractivity contribution is 0.153. The first-order chi connectivity index (χ1) is 7.98. The Kier molecular flexibility index (Phi) is 9.72. The Morgan fingerprint density at radius 1 is 1.12 bits per heavy atom. The van der Waals surface area contributed by atoms with Gasteiger partial charge in [-0.15, -0.1) is 0 Å². The zero-order valence-corrected chi connectivity index (χ0v) is 12.0. The molecule has 0 bridgehead atoms. The van der Waals surface area contributed by atoms with Gasteiger partial charge in [-0.3, -0.25) is 0 Å². The van der Waals surface area contributed by atoms with Crippen molar-refractivity contribution < 1.29 is 13.2 Å². The molecule has 0 spiro atoms. The number of nitrogens with one attached hydrogen (secondary N) is 2. The van der Waals surface area contributed by atoms with Gasteiger partial charge in [0.05, 0.1) is 6.61 Å². The van der Waals surface area contributed by atoms with Crippen LogP contribution in [0, 0.1) is 5.92 Å². The predicted molar refractivity (Wildman–Crippen MR) is 70.1 cm³/mol. The molecular formula is C11H26N2O3S. The Bertz CT molecular complexity index is 266. The zero-order valence-electron chi connectivity index (χ0n) is 11.2. The lowest BCUT2D eigenvalue weighted by Crippen LogP contribution is -2.38. The molecule has 0 aromatic heterocycles. The number of rotatable bonds is 11. The molecule has 0 radical (unpaired) electrons. The first-order valence-electron chi connectivity index (χ1n) is 6.30. The molecule has 0 aliphatic carbocycles. The van der Waals surface area contributed by atoms with E-state index in [1.54, 1.807) is 0 Å². The summed E-state index contributed by atoms with van der Waals surface area (Å²) in [5.41, 5.74) is 0. The predicted octanol–water partition coefficient (Wildman–Crippen LogP) is 1.27. The normalized spacial score (nSPS) is 12.2. The maximum atomic E-state index is 11.4. The molecule has 0 aromatic carbocycles. The van der Waals surface area contributed by atoms with E-state index in [0.717, 1.165) is 19.3 Å². The van der Waals surface area contributed by atoms with Gasteiger partial charge in [-0.1, -0.05) is 26.7 Å². The van der Waals surface area contributed by atoms with Crippen molar-refractivity contribution in [3.63, 3.8) is 0 Å². The zero-order chi connectivity index (χ0) is 13.1. The summed E-state index contributed by atoms with van der Waals surface area (Å²) in [4.78, 5) is 0. The first-order valence-corrected chi connectivity index (χ1v) is 7.78. The van der Waals surface area contributed by atoms with Gasteiger partial charge in [-0.2, -0.15) is 13.1 Å². The van der Waals surface area contributed by atoms with E-state index in [9.17, 15) is 8.42 Å². The number of hydrogen-bond donors (Lipinski definition) is 2. The molecule has 0 saturated carbocycles. The van der Waals surface area contributed by atoms with Crippen molar-refractivity contribution in [3.05, 3.63) is 0 Å². The van der Waals surface area contributed by atoms with Gasteiger partial charge in [0.25, 0.3) is 10.2 Å². The molecule has 0 saturated heterocycles. The summed E-state index contributed by atoms with van der Waals surface area (Å²) in [6.45, 7) is 8.03. The van der Waals surface area contributed by atoms with Crippen molar-refractivity contribution >= 4 is 10.2 Å². The van der Waals surface area contributed by atoms with Crippen LogP contribution in [0.3, 0.4) is 0 Å². The van der Waals surface area contributed by atoms with Gasteiger partial charge in [0.1, 0.15) is 0 Å². The number of ether oxygens (including phenoxy) is 1. The van der Waals surface area contributed by atoms with E-state index < -0.39 is 10.2 Å². The van der Waals surface area contributed by atoms with Crippen LogP contribution < -0.4 is 9.44 Å². The molecule has 0 aromatic rings. The molecule has 0 aliphatic heterocycles. The maximum Gasteiger partial charge on any atom is 0.276 e. The summed E-state index contributed by atoms with van der Waals surface area (Å²) in [6, 6.07) is 0. The van der Waals surface area contributed by atoms with Gasteiger partial charge in [-0.25, -0.2) is 4.72 Å². The van der Waals surface area contributed by atoms with Crippen molar-refractivity contribution in [1.29, 1.82) is 0 Å².